The van der Waals surface area contributed by atoms with Gasteiger partial charge in [-0.15, -0.1) is 0 Å². The van der Waals surface area contributed by atoms with Crippen LogP contribution in [0, 0.1) is 5.82 Å². The van der Waals surface area contributed by atoms with Gasteiger partial charge in [0, 0.05) is 24.2 Å². The van der Waals surface area contributed by atoms with Gasteiger partial charge in [0.1, 0.15) is 12.4 Å². The maximum Gasteiger partial charge on any atom is 0.332 e. The van der Waals surface area contributed by atoms with Crippen LogP contribution in [0.4, 0.5) is 10.1 Å². The van der Waals surface area contributed by atoms with E-state index in [1.54, 1.807) is 17.6 Å². The smallest absolute Gasteiger partial charge is 0.332 e. The van der Waals surface area contributed by atoms with Crippen LogP contribution < -0.4 is 21.9 Å². The number of amides is 1. The van der Waals surface area contributed by atoms with Crippen molar-refractivity contribution in [3.05, 3.63) is 50.9 Å². The number of carboxylic acids is 1. The van der Waals surface area contributed by atoms with Gasteiger partial charge in [-0.05, 0) is 44.7 Å². The van der Waals surface area contributed by atoms with Crippen LogP contribution >= 0.6 is 0 Å². The summed E-state index contributed by atoms with van der Waals surface area (Å²) in [4.78, 5) is 50.1. The topological polar surface area (TPSA) is 122 Å². The van der Waals surface area contributed by atoms with Gasteiger partial charge in [0.05, 0.1) is 16.6 Å². The molecule has 0 radical (unpaired) electrons. The highest BCUT2D eigenvalue weighted by Crippen LogP contribution is 2.32. The van der Waals surface area contributed by atoms with Crippen molar-refractivity contribution >= 4 is 28.5 Å². The Morgan fingerprint density at radius 2 is 1.78 bits per heavy atom. The van der Waals surface area contributed by atoms with E-state index in [1.807, 2.05) is 0 Å². The number of benzene rings is 1. The Hall–Kier alpha value is -3.43. The van der Waals surface area contributed by atoms with E-state index in [-0.39, 0.29) is 23.2 Å². The fourth-order valence-corrected chi connectivity index (χ4v) is 5.35. The zero-order valence-electron chi connectivity index (χ0n) is 20.5. The summed E-state index contributed by atoms with van der Waals surface area (Å²) in [5, 5.41) is 14.6. The van der Waals surface area contributed by atoms with Crippen molar-refractivity contribution in [1.82, 2.24) is 14.5 Å². The summed E-state index contributed by atoms with van der Waals surface area (Å²) in [6, 6.07) is 2.13. The fourth-order valence-electron chi connectivity index (χ4n) is 5.35. The third kappa shape index (κ3) is 5.68. The van der Waals surface area contributed by atoms with E-state index in [1.165, 1.54) is 18.6 Å². The molecule has 10 heteroatoms. The molecule has 0 aliphatic heterocycles. The highest BCUT2D eigenvalue weighted by atomic mass is 19.1. The van der Waals surface area contributed by atoms with Gasteiger partial charge < -0.3 is 15.7 Å². The summed E-state index contributed by atoms with van der Waals surface area (Å²) in [7, 11) is 0. The van der Waals surface area contributed by atoms with Crippen molar-refractivity contribution in [2.45, 2.75) is 89.4 Å². The van der Waals surface area contributed by atoms with Gasteiger partial charge in [0.25, 0.3) is 5.56 Å². The quantitative estimate of drug-likeness (QED) is 0.478. The van der Waals surface area contributed by atoms with Gasteiger partial charge >= 0.3 is 11.7 Å². The minimum Gasteiger partial charge on any atom is -0.478 e. The number of aromatic nitrogens is 2. The lowest BCUT2D eigenvalue weighted by Gasteiger charge is -2.25. The second-order valence-corrected chi connectivity index (χ2v) is 9.86. The molecule has 0 bridgehead atoms. The third-order valence-corrected chi connectivity index (χ3v) is 7.13. The van der Waals surface area contributed by atoms with Crippen LogP contribution in [0.5, 0.6) is 0 Å². The maximum absolute atomic E-state index is 15.1. The van der Waals surface area contributed by atoms with Gasteiger partial charge in [-0.1, -0.05) is 38.2 Å². The van der Waals surface area contributed by atoms with Gasteiger partial charge in [0.15, 0.2) is 0 Å². The van der Waals surface area contributed by atoms with E-state index in [0.29, 0.717) is 5.52 Å². The van der Waals surface area contributed by atoms with Crippen molar-refractivity contribution in [3.8, 4) is 0 Å². The van der Waals surface area contributed by atoms with Crippen LogP contribution in [0.25, 0.3) is 10.9 Å². The number of anilines is 1. The predicted molar refractivity (Wildman–Crippen MR) is 135 cm³/mol. The molecule has 2 saturated carbocycles. The summed E-state index contributed by atoms with van der Waals surface area (Å²) < 4.78 is 17.5. The minimum absolute atomic E-state index is 0.0554. The number of hydrogen-bond acceptors (Lipinski definition) is 5. The molecule has 1 aromatic heterocycles. The Labute approximate surface area is 208 Å². The summed E-state index contributed by atoms with van der Waals surface area (Å²) in [5.74, 6) is -2.34. The molecule has 0 saturated heterocycles. The van der Waals surface area contributed by atoms with E-state index in [0.717, 1.165) is 62.0 Å². The van der Waals surface area contributed by atoms with E-state index < -0.39 is 41.5 Å². The summed E-state index contributed by atoms with van der Waals surface area (Å²) in [5.41, 5.74) is -0.657. The first-order valence-corrected chi connectivity index (χ1v) is 12.7. The molecular weight excluding hydrogens is 467 g/mol. The van der Waals surface area contributed by atoms with Crippen LogP contribution in [-0.2, 0) is 16.1 Å². The lowest BCUT2D eigenvalue weighted by Crippen LogP contribution is -2.45. The predicted octanol–water partition coefficient (Wildman–Crippen LogP) is 3.31. The van der Waals surface area contributed by atoms with Crippen LogP contribution in [0.15, 0.2) is 33.9 Å². The van der Waals surface area contributed by atoms with E-state index >= 15 is 4.39 Å². The zero-order valence-corrected chi connectivity index (χ0v) is 20.5. The molecule has 9 nitrogen and oxygen atoms in total. The molecule has 1 aromatic carbocycles. The molecule has 2 aliphatic rings. The monoisotopic (exact) mass is 500 g/mol. The first kappa shape index (κ1) is 25.7. The van der Waals surface area contributed by atoms with E-state index in [4.69, 9.17) is 5.11 Å². The number of carboxylic acid groups (broad SMARTS) is 1. The lowest BCUT2D eigenvalue weighted by atomic mass is 9.95. The number of nitrogens with one attached hydrogen (secondary N) is 2. The number of nitrogens with zero attached hydrogens (tertiary/aromatic N) is 2. The van der Waals surface area contributed by atoms with Gasteiger partial charge in [-0.25, -0.2) is 14.0 Å². The Bertz CT molecular complexity index is 1290. The number of hydrogen-bond donors (Lipinski definition) is 3. The standard InChI is InChI=1S/C26H33FN4O5/c1-16(11-12-24(33)34)28-23(32)15-30-25(35)19-13-20(27)21(29-17-7-3-2-4-8-17)14-22(19)31(26(30)36)18-9-5-6-10-18/h11-14,16-18,29H,2-10,15H2,1H3,(H,28,32)(H,33,34)/b12-11+/t16-/m0/s1. The molecule has 2 aromatic rings. The Kier molecular flexibility index (Phi) is 7.91. The number of carbonyl (C=O) groups is 2. The second-order valence-electron chi connectivity index (χ2n) is 9.86. The zero-order chi connectivity index (χ0) is 25.8. The molecule has 36 heavy (non-hydrogen) atoms. The van der Waals surface area contributed by atoms with Crippen LogP contribution in [0.2, 0.25) is 0 Å². The SMILES string of the molecule is C[C@@H](/C=C/C(=O)O)NC(=O)Cn1c(=O)c2cc(F)c(NC3CCCCC3)cc2n(C2CCCC2)c1=O. The average molecular weight is 501 g/mol. The third-order valence-electron chi connectivity index (χ3n) is 7.13. The first-order chi connectivity index (χ1) is 17.2. The maximum atomic E-state index is 15.1. The number of aliphatic carboxylic acids is 1. The molecule has 194 valence electrons. The molecule has 2 fully saturated rings. The van der Waals surface area contributed by atoms with Crippen molar-refractivity contribution in [2.24, 2.45) is 0 Å². The molecule has 4 rings (SSSR count). The van der Waals surface area contributed by atoms with Crippen molar-refractivity contribution in [1.29, 1.82) is 0 Å². The van der Waals surface area contributed by atoms with Crippen molar-refractivity contribution < 1.29 is 19.1 Å². The fraction of sp³-hybridized carbons (Fsp3) is 0.538. The number of halogens is 1. The lowest BCUT2D eigenvalue weighted by molar-refractivity contribution is -0.131. The Balaban J connectivity index is 1.73. The van der Waals surface area contributed by atoms with E-state index in [2.05, 4.69) is 10.6 Å². The summed E-state index contributed by atoms with van der Waals surface area (Å²) >= 11 is 0. The highest BCUT2D eigenvalue weighted by molar-refractivity contribution is 5.83. The summed E-state index contributed by atoms with van der Waals surface area (Å²) in [6.45, 7) is 1.03. The number of rotatable bonds is 8. The molecule has 2 aliphatic carbocycles. The van der Waals surface area contributed by atoms with Gasteiger partial charge in [-0.2, -0.15) is 0 Å². The van der Waals surface area contributed by atoms with Crippen LogP contribution in [0.1, 0.15) is 70.8 Å². The molecule has 1 atom stereocenters. The van der Waals surface area contributed by atoms with Crippen molar-refractivity contribution in [2.75, 3.05) is 5.32 Å². The van der Waals surface area contributed by atoms with Gasteiger partial charge in [0.2, 0.25) is 5.91 Å². The Morgan fingerprint density at radius 1 is 1.11 bits per heavy atom. The number of carbonyl (C=O) groups excluding carboxylic acids is 1. The molecule has 0 unspecified atom stereocenters. The second kappa shape index (κ2) is 11.1. The highest BCUT2D eigenvalue weighted by Gasteiger charge is 2.25. The average Bonchev–Trinajstić information content (AvgIpc) is 3.37. The largest absolute Gasteiger partial charge is 0.478 e. The van der Waals surface area contributed by atoms with E-state index in [9.17, 15) is 19.2 Å². The van der Waals surface area contributed by atoms with Gasteiger partial charge in [-0.3, -0.25) is 18.7 Å². The molecule has 0 spiro atoms. The first-order valence-electron chi connectivity index (χ1n) is 12.7. The molecule has 1 amide bonds. The van der Waals surface area contributed by atoms with Crippen molar-refractivity contribution in [3.63, 3.8) is 0 Å². The normalized spacial score (nSPS) is 18.1. The Morgan fingerprint density at radius 3 is 2.44 bits per heavy atom. The summed E-state index contributed by atoms with van der Waals surface area (Å²) in [6.07, 6.45) is 10.8. The number of fused-ring (bicyclic) bond motifs is 1. The van der Waals surface area contributed by atoms with Crippen LogP contribution in [-0.4, -0.2) is 38.2 Å². The molecule has 1 heterocycles. The molecular formula is C26H33FN4O5. The minimum atomic E-state index is -1.15. The van der Waals surface area contributed by atoms with Crippen LogP contribution in [0.3, 0.4) is 0 Å². The molecule has 3 N–H and O–H groups in total.